The lowest BCUT2D eigenvalue weighted by Gasteiger charge is -2.24. The number of piperidine rings is 1. The molecule has 1 aromatic heterocycles. The molecule has 1 N–H and O–H groups in total. The van der Waals surface area contributed by atoms with E-state index in [1.807, 2.05) is 35.9 Å². The number of hydrogen-bond donors (Lipinski definition) is 1. The van der Waals surface area contributed by atoms with Crippen LogP contribution >= 0.6 is 11.6 Å². The number of aromatic nitrogens is 3. The minimum Gasteiger partial charge on any atom is -0.334 e. The highest BCUT2D eigenvalue weighted by Crippen LogP contribution is 2.23. The Labute approximate surface area is 146 Å². The van der Waals surface area contributed by atoms with Gasteiger partial charge in [-0.1, -0.05) is 28.9 Å². The minimum absolute atomic E-state index is 0.0706. The summed E-state index contributed by atoms with van der Waals surface area (Å²) in [6.45, 7) is 3.93. The Kier molecular flexibility index (Phi) is 5.16. The molecule has 2 aromatic rings. The van der Waals surface area contributed by atoms with Crippen molar-refractivity contribution in [3.63, 3.8) is 0 Å². The molecule has 0 bridgehead atoms. The highest BCUT2D eigenvalue weighted by molar-refractivity contribution is 6.30. The second-order valence-electron chi connectivity index (χ2n) is 6.21. The molecule has 1 saturated heterocycles. The van der Waals surface area contributed by atoms with Crippen LogP contribution in [0.15, 0.2) is 30.5 Å². The largest absolute Gasteiger partial charge is 0.334 e. The van der Waals surface area contributed by atoms with Crippen LogP contribution in [0.1, 0.15) is 47.9 Å². The number of rotatable bonds is 4. The van der Waals surface area contributed by atoms with Crippen molar-refractivity contribution in [2.75, 3.05) is 20.1 Å². The SMILES string of the molecule is CC(c1ccc(Cl)cc1)N(C)C(=O)c1cn(C2CCNCC2)nn1. The molecule has 1 aliphatic rings. The van der Waals surface area contributed by atoms with Gasteiger partial charge in [-0.2, -0.15) is 0 Å². The van der Waals surface area contributed by atoms with Crippen molar-refractivity contribution < 1.29 is 4.79 Å². The molecule has 1 aromatic carbocycles. The molecule has 0 saturated carbocycles. The Morgan fingerprint density at radius 3 is 2.67 bits per heavy atom. The van der Waals surface area contributed by atoms with Crippen LogP contribution in [0.3, 0.4) is 0 Å². The molecule has 24 heavy (non-hydrogen) atoms. The highest BCUT2D eigenvalue weighted by Gasteiger charge is 2.23. The zero-order valence-corrected chi connectivity index (χ0v) is 14.7. The van der Waals surface area contributed by atoms with E-state index < -0.39 is 0 Å². The average Bonchev–Trinajstić information content (AvgIpc) is 3.11. The van der Waals surface area contributed by atoms with Crippen LogP contribution in [0, 0.1) is 0 Å². The Hall–Kier alpha value is -1.92. The number of nitrogens with zero attached hydrogens (tertiary/aromatic N) is 4. The van der Waals surface area contributed by atoms with Crippen LogP contribution in [0.25, 0.3) is 0 Å². The third-order valence-corrected chi connectivity index (χ3v) is 4.92. The second kappa shape index (κ2) is 7.32. The van der Waals surface area contributed by atoms with Crippen molar-refractivity contribution in [3.05, 3.63) is 46.7 Å². The predicted octanol–water partition coefficient (Wildman–Crippen LogP) is 2.69. The van der Waals surface area contributed by atoms with Gasteiger partial charge in [0, 0.05) is 12.1 Å². The maximum Gasteiger partial charge on any atom is 0.276 e. The van der Waals surface area contributed by atoms with E-state index in [1.54, 1.807) is 18.1 Å². The third kappa shape index (κ3) is 3.60. The maximum absolute atomic E-state index is 12.7. The van der Waals surface area contributed by atoms with Crippen LogP contribution < -0.4 is 5.32 Å². The number of amides is 1. The standard InChI is InChI=1S/C17H22ClN5O/c1-12(13-3-5-14(18)6-4-13)22(2)17(24)16-11-23(21-20-16)15-7-9-19-10-8-15/h3-6,11-12,15,19H,7-10H2,1-2H3. The minimum atomic E-state index is -0.127. The van der Waals surface area contributed by atoms with Gasteiger partial charge in [0.25, 0.3) is 5.91 Å². The molecule has 0 spiro atoms. The van der Waals surface area contributed by atoms with Crippen LogP contribution in [0.4, 0.5) is 0 Å². The maximum atomic E-state index is 12.7. The molecule has 3 rings (SSSR count). The lowest BCUT2D eigenvalue weighted by Crippen LogP contribution is -2.30. The monoisotopic (exact) mass is 347 g/mol. The van der Waals surface area contributed by atoms with Crippen molar-refractivity contribution >= 4 is 17.5 Å². The van der Waals surface area contributed by atoms with Gasteiger partial charge in [-0.05, 0) is 50.6 Å². The van der Waals surface area contributed by atoms with Gasteiger partial charge in [0.2, 0.25) is 0 Å². The van der Waals surface area contributed by atoms with Crippen molar-refractivity contribution in [3.8, 4) is 0 Å². The molecule has 128 valence electrons. The molecule has 1 atom stereocenters. The van der Waals surface area contributed by atoms with Gasteiger partial charge in [0.05, 0.1) is 18.3 Å². The van der Waals surface area contributed by atoms with Crippen LogP contribution in [-0.4, -0.2) is 45.9 Å². The van der Waals surface area contributed by atoms with E-state index in [4.69, 9.17) is 11.6 Å². The Balaban J connectivity index is 1.71. The molecule has 2 heterocycles. The van der Waals surface area contributed by atoms with Gasteiger partial charge in [-0.3, -0.25) is 4.79 Å². The van der Waals surface area contributed by atoms with E-state index in [0.717, 1.165) is 31.5 Å². The van der Waals surface area contributed by atoms with Crippen LogP contribution in [0.5, 0.6) is 0 Å². The van der Waals surface area contributed by atoms with Gasteiger partial charge in [0.15, 0.2) is 5.69 Å². The van der Waals surface area contributed by atoms with Crippen LogP contribution in [0.2, 0.25) is 5.02 Å². The van der Waals surface area contributed by atoms with E-state index in [9.17, 15) is 4.79 Å². The first-order chi connectivity index (χ1) is 11.6. The first-order valence-electron chi connectivity index (χ1n) is 8.21. The zero-order valence-electron chi connectivity index (χ0n) is 13.9. The molecule has 1 unspecified atom stereocenters. The van der Waals surface area contributed by atoms with Gasteiger partial charge in [-0.25, -0.2) is 4.68 Å². The molecule has 1 amide bonds. The van der Waals surface area contributed by atoms with Gasteiger partial charge in [-0.15, -0.1) is 5.10 Å². The summed E-state index contributed by atoms with van der Waals surface area (Å²) < 4.78 is 1.83. The fourth-order valence-electron chi connectivity index (χ4n) is 2.95. The zero-order chi connectivity index (χ0) is 17.1. The van der Waals surface area contributed by atoms with Crippen molar-refractivity contribution in [2.45, 2.75) is 31.8 Å². The molecule has 7 heteroatoms. The second-order valence-corrected chi connectivity index (χ2v) is 6.64. The van der Waals surface area contributed by atoms with E-state index in [1.165, 1.54) is 0 Å². The third-order valence-electron chi connectivity index (χ3n) is 4.67. The summed E-state index contributed by atoms with van der Waals surface area (Å²) in [4.78, 5) is 14.4. The predicted molar refractivity (Wildman–Crippen MR) is 93.1 cm³/mol. The highest BCUT2D eigenvalue weighted by atomic mass is 35.5. The van der Waals surface area contributed by atoms with E-state index in [-0.39, 0.29) is 11.9 Å². The number of hydrogen-bond acceptors (Lipinski definition) is 4. The van der Waals surface area contributed by atoms with Crippen LogP contribution in [-0.2, 0) is 0 Å². The molecule has 0 radical (unpaired) electrons. The number of carbonyl (C=O) groups excluding carboxylic acids is 1. The molecule has 0 aliphatic carbocycles. The molecule has 6 nitrogen and oxygen atoms in total. The summed E-state index contributed by atoms with van der Waals surface area (Å²) in [6, 6.07) is 7.78. The topological polar surface area (TPSA) is 63.1 Å². The number of halogens is 1. The van der Waals surface area contributed by atoms with Gasteiger partial charge >= 0.3 is 0 Å². The fourth-order valence-corrected chi connectivity index (χ4v) is 3.07. The Bertz CT molecular complexity index is 693. The average molecular weight is 348 g/mol. The summed E-state index contributed by atoms with van der Waals surface area (Å²) >= 11 is 5.92. The van der Waals surface area contributed by atoms with Crippen molar-refractivity contribution in [2.24, 2.45) is 0 Å². The summed E-state index contributed by atoms with van der Waals surface area (Å²) in [5.41, 5.74) is 1.41. The molecular formula is C17H22ClN5O. The Morgan fingerprint density at radius 1 is 1.33 bits per heavy atom. The van der Waals surface area contributed by atoms with E-state index in [0.29, 0.717) is 16.8 Å². The van der Waals surface area contributed by atoms with E-state index in [2.05, 4.69) is 15.6 Å². The molecule has 1 aliphatic heterocycles. The molecular weight excluding hydrogens is 326 g/mol. The Morgan fingerprint density at radius 2 is 2.00 bits per heavy atom. The van der Waals surface area contributed by atoms with Crippen molar-refractivity contribution in [1.29, 1.82) is 0 Å². The molecule has 1 fully saturated rings. The summed E-state index contributed by atoms with van der Waals surface area (Å²) in [5.74, 6) is -0.127. The summed E-state index contributed by atoms with van der Waals surface area (Å²) in [7, 11) is 1.78. The number of carbonyl (C=O) groups is 1. The number of nitrogens with one attached hydrogen (secondary N) is 1. The van der Waals surface area contributed by atoms with E-state index >= 15 is 0 Å². The number of benzene rings is 1. The first-order valence-corrected chi connectivity index (χ1v) is 8.59. The fraction of sp³-hybridized carbons (Fsp3) is 0.471. The summed E-state index contributed by atoms with van der Waals surface area (Å²) in [6.07, 6.45) is 3.78. The lowest BCUT2D eigenvalue weighted by molar-refractivity contribution is 0.0736. The summed E-state index contributed by atoms with van der Waals surface area (Å²) in [5, 5.41) is 12.3. The van der Waals surface area contributed by atoms with Gasteiger partial charge in [0.1, 0.15) is 0 Å². The normalized spacial score (nSPS) is 16.8. The van der Waals surface area contributed by atoms with Crippen molar-refractivity contribution in [1.82, 2.24) is 25.2 Å². The van der Waals surface area contributed by atoms with Gasteiger partial charge < -0.3 is 10.2 Å². The lowest BCUT2D eigenvalue weighted by atomic mass is 10.1. The smallest absolute Gasteiger partial charge is 0.276 e. The first kappa shape index (κ1) is 16.9. The quantitative estimate of drug-likeness (QED) is 0.923.